The van der Waals surface area contributed by atoms with E-state index in [1.54, 1.807) is 0 Å². The van der Waals surface area contributed by atoms with Crippen LogP contribution in [0.2, 0.25) is 0 Å². The molecule has 16 heavy (non-hydrogen) atoms. The van der Waals surface area contributed by atoms with Crippen LogP contribution in [0.4, 0.5) is 4.79 Å². The first-order valence-electron chi connectivity index (χ1n) is 6.67. The van der Waals surface area contributed by atoms with Gasteiger partial charge in [-0.05, 0) is 19.1 Å². The number of amides is 1. The smallest absolute Gasteiger partial charge is 0.281 e. The van der Waals surface area contributed by atoms with Crippen molar-refractivity contribution in [1.29, 1.82) is 0 Å². The van der Waals surface area contributed by atoms with E-state index < -0.39 is 0 Å². The van der Waals surface area contributed by atoms with Crippen molar-refractivity contribution in [1.82, 2.24) is 4.90 Å². The number of unbranched alkanes of at least 4 members (excludes halogenated alkanes) is 5. The second-order valence-corrected chi connectivity index (χ2v) is 5.26. The van der Waals surface area contributed by atoms with Crippen LogP contribution in [0.1, 0.15) is 59.3 Å². The monoisotopic (exact) mass is 245 g/mol. The van der Waals surface area contributed by atoms with E-state index in [1.165, 1.54) is 43.9 Å². The molecular formula is C13H27NOS. The van der Waals surface area contributed by atoms with Crippen molar-refractivity contribution in [2.75, 3.05) is 18.8 Å². The summed E-state index contributed by atoms with van der Waals surface area (Å²) in [5, 5.41) is 0.249. The number of thioether (sulfide) groups is 1. The molecule has 0 aliphatic heterocycles. The third kappa shape index (κ3) is 8.03. The topological polar surface area (TPSA) is 20.3 Å². The van der Waals surface area contributed by atoms with Crippen molar-refractivity contribution in [3.05, 3.63) is 0 Å². The second kappa shape index (κ2) is 11.3. The Hall–Kier alpha value is -0.180. The van der Waals surface area contributed by atoms with E-state index in [4.69, 9.17) is 0 Å². The maximum atomic E-state index is 11.6. The third-order valence-corrected chi connectivity index (χ3v) is 3.48. The first kappa shape index (κ1) is 15.8. The van der Waals surface area contributed by atoms with Crippen LogP contribution < -0.4 is 0 Å². The van der Waals surface area contributed by atoms with Crippen LogP contribution in [0.5, 0.6) is 0 Å². The number of nitrogens with zero attached hydrogens (tertiary/aromatic N) is 1. The lowest BCUT2D eigenvalue weighted by Gasteiger charge is -2.19. The van der Waals surface area contributed by atoms with Crippen molar-refractivity contribution < 1.29 is 4.79 Å². The minimum Gasteiger partial charge on any atom is -0.334 e. The summed E-state index contributed by atoms with van der Waals surface area (Å²) in [7, 11) is 0. The molecule has 0 radical (unpaired) electrons. The molecule has 0 aliphatic rings. The molecule has 0 fully saturated rings. The minimum absolute atomic E-state index is 0.249. The lowest BCUT2D eigenvalue weighted by atomic mass is 10.1. The molecule has 0 atom stereocenters. The molecule has 0 aromatic heterocycles. The maximum absolute atomic E-state index is 11.6. The Kier molecular flexibility index (Phi) is 11.2. The Bertz CT molecular complexity index is 173. The standard InChI is InChI=1S/C13H27NOS/c1-4-7-8-9-10-11-12-14(5-2)13(15)16-6-3/h4-12H2,1-3H3. The predicted octanol–water partition coefficient (Wildman–Crippen LogP) is 4.54. The normalized spacial score (nSPS) is 10.4. The van der Waals surface area contributed by atoms with E-state index in [2.05, 4.69) is 13.8 Å². The summed E-state index contributed by atoms with van der Waals surface area (Å²) in [5.74, 6) is 0.881. The quantitative estimate of drug-likeness (QED) is 0.556. The van der Waals surface area contributed by atoms with Gasteiger partial charge in [0.15, 0.2) is 0 Å². The number of carbonyl (C=O) groups is 1. The molecule has 0 saturated heterocycles. The Labute approximate surface area is 105 Å². The molecule has 0 saturated carbocycles. The van der Waals surface area contributed by atoms with Gasteiger partial charge in [0.1, 0.15) is 0 Å². The number of hydrogen-bond acceptors (Lipinski definition) is 2. The van der Waals surface area contributed by atoms with Gasteiger partial charge < -0.3 is 4.90 Å². The molecule has 0 unspecified atom stereocenters. The number of rotatable bonds is 9. The van der Waals surface area contributed by atoms with Gasteiger partial charge in [-0.3, -0.25) is 4.79 Å². The van der Waals surface area contributed by atoms with E-state index in [9.17, 15) is 4.79 Å². The number of hydrogen-bond donors (Lipinski definition) is 0. The Morgan fingerprint density at radius 3 is 2.19 bits per heavy atom. The van der Waals surface area contributed by atoms with Crippen molar-refractivity contribution in [2.45, 2.75) is 59.3 Å². The summed E-state index contributed by atoms with van der Waals surface area (Å²) in [4.78, 5) is 13.6. The SMILES string of the molecule is CCCCCCCCN(CC)C(=O)SCC. The first-order chi connectivity index (χ1) is 7.76. The van der Waals surface area contributed by atoms with E-state index in [-0.39, 0.29) is 5.24 Å². The van der Waals surface area contributed by atoms with Gasteiger partial charge in [-0.25, -0.2) is 0 Å². The van der Waals surface area contributed by atoms with Gasteiger partial charge in [-0.1, -0.05) is 57.7 Å². The Morgan fingerprint density at radius 2 is 1.62 bits per heavy atom. The lowest BCUT2D eigenvalue weighted by molar-refractivity contribution is 0.224. The van der Waals surface area contributed by atoms with Crippen LogP contribution in [0, 0.1) is 0 Å². The highest BCUT2D eigenvalue weighted by Gasteiger charge is 2.09. The maximum Gasteiger partial charge on any atom is 0.281 e. The van der Waals surface area contributed by atoms with Crippen LogP contribution >= 0.6 is 11.8 Å². The zero-order chi connectivity index (χ0) is 12.2. The molecule has 0 heterocycles. The highest BCUT2D eigenvalue weighted by atomic mass is 32.2. The van der Waals surface area contributed by atoms with Crippen LogP contribution in [0.25, 0.3) is 0 Å². The van der Waals surface area contributed by atoms with Gasteiger partial charge in [0.25, 0.3) is 5.24 Å². The molecule has 0 spiro atoms. The minimum atomic E-state index is 0.249. The molecule has 0 aromatic rings. The molecule has 0 aliphatic carbocycles. The lowest BCUT2D eigenvalue weighted by Crippen LogP contribution is -2.28. The fourth-order valence-electron chi connectivity index (χ4n) is 1.68. The third-order valence-electron chi connectivity index (χ3n) is 2.69. The summed E-state index contributed by atoms with van der Waals surface area (Å²) >= 11 is 1.42. The summed E-state index contributed by atoms with van der Waals surface area (Å²) in [6.45, 7) is 8.11. The van der Waals surface area contributed by atoms with Crippen molar-refractivity contribution in [3.8, 4) is 0 Å². The molecule has 3 heteroatoms. The summed E-state index contributed by atoms with van der Waals surface area (Å²) in [6.07, 6.45) is 7.74. The molecule has 0 aromatic carbocycles. The molecule has 1 amide bonds. The second-order valence-electron chi connectivity index (χ2n) is 4.05. The van der Waals surface area contributed by atoms with Crippen molar-refractivity contribution in [3.63, 3.8) is 0 Å². The fourth-order valence-corrected chi connectivity index (χ4v) is 2.33. The summed E-state index contributed by atoms with van der Waals surface area (Å²) in [5.41, 5.74) is 0. The zero-order valence-corrected chi connectivity index (χ0v) is 11.9. The molecule has 2 nitrogen and oxygen atoms in total. The Morgan fingerprint density at radius 1 is 1.00 bits per heavy atom. The zero-order valence-electron chi connectivity index (χ0n) is 11.1. The Balaban J connectivity index is 3.51. The highest BCUT2D eigenvalue weighted by molar-refractivity contribution is 8.13. The van der Waals surface area contributed by atoms with Crippen LogP contribution in [0.15, 0.2) is 0 Å². The van der Waals surface area contributed by atoms with E-state index >= 15 is 0 Å². The van der Waals surface area contributed by atoms with Crippen molar-refractivity contribution in [2.24, 2.45) is 0 Å². The first-order valence-corrected chi connectivity index (χ1v) is 7.66. The van der Waals surface area contributed by atoms with E-state index in [0.717, 1.165) is 25.3 Å². The number of carbonyl (C=O) groups excluding carboxylic acids is 1. The molecule has 96 valence electrons. The highest BCUT2D eigenvalue weighted by Crippen LogP contribution is 2.11. The average Bonchev–Trinajstić information content (AvgIpc) is 2.28. The van der Waals surface area contributed by atoms with Crippen LogP contribution in [-0.4, -0.2) is 29.0 Å². The van der Waals surface area contributed by atoms with E-state index in [0.29, 0.717) is 0 Å². The molecule has 0 N–H and O–H groups in total. The molecule has 0 bridgehead atoms. The fraction of sp³-hybridized carbons (Fsp3) is 0.923. The van der Waals surface area contributed by atoms with Gasteiger partial charge >= 0.3 is 0 Å². The van der Waals surface area contributed by atoms with Gasteiger partial charge in [0, 0.05) is 13.1 Å². The van der Waals surface area contributed by atoms with Gasteiger partial charge in [0.2, 0.25) is 0 Å². The van der Waals surface area contributed by atoms with E-state index in [1.807, 2.05) is 11.8 Å². The largest absolute Gasteiger partial charge is 0.334 e. The average molecular weight is 245 g/mol. The van der Waals surface area contributed by atoms with Crippen LogP contribution in [0.3, 0.4) is 0 Å². The van der Waals surface area contributed by atoms with Gasteiger partial charge in [0.05, 0.1) is 0 Å². The van der Waals surface area contributed by atoms with Gasteiger partial charge in [-0.15, -0.1) is 0 Å². The van der Waals surface area contributed by atoms with Crippen molar-refractivity contribution >= 4 is 17.0 Å². The summed E-state index contributed by atoms with van der Waals surface area (Å²) in [6, 6.07) is 0. The van der Waals surface area contributed by atoms with Crippen LogP contribution in [-0.2, 0) is 0 Å². The van der Waals surface area contributed by atoms with Gasteiger partial charge in [-0.2, -0.15) is 0 Å². The molecule has 0 rings (SSSR count). The molecular weight excluding hydrogens is 218 g/mol. The predicted molar refractivity (Wildman–Crippen MR) is 74.2 cm³/mol. The summed E-state index contributed by atoms with van der Waals surface area (Å²) < 4.78 is 0.